The van der Waals surface area contributed by atoms with Gasteiger partial charge in [-0.2, -0.15) is 18.2 Å². The van der Waals surface area contributed by atoms with E-state index in [1.165, 1.54) is 0 Å². The van der Waals surface area contributed by atoms with Gasteiger partial charge in [-0.05, 0) is 41.1 Å². The fourth-order valence-electron chi connectivity index (χ4n) is 3.56. The molecule has 0 saturated heterocycles. The van der Waals surface area contributed by atoms with Crippen LogP contribution >= 0.6 is 0 Å². The van der Waals surface area contributed by atoms with Crippen molar-refractivity contribution < 1.29 is 119 Å². The van der Waals surface area contributed by atoms with Gasteiger partial charge in [0.1, 0.15) is 10.1 Å². The maximum absolute atomic E-state index is 12.9. The van der Waals surface area contributed by atoms with E-state index in [0.29, 0.717) is 0 Å². The second kappa shape index (κ2) is 13.7. The number of rotatable bonds is 5. The van der Waals surface area contributed by atoms with Crippen molar-refractivity contribution in [2.45, 2.75) is 16.7 Å². The summed E-state index contributed by atoms with van der Waals surface area (Å²) in [4.78, 5) is 11.3. The van der Waals surface area contributed by atoms with Crippen LogP contribution in [0.1, 0.15) is 15.9 Å². The third kappa shape index (κ3) is 7.98. The SMILES string of the molecule is Cc1ccc(-c2ccc(C(=O)Nc3ccc(S(=O)(=O)[O-])c4c[c-]cc(S(=O)(=O)[O-])c34)cc2)cc1.[Na+].[Na+].[Na+]. The van der Waals surface area contributed by atoms with E-state index in [9.17, 15) is 30.7 Å². The molecule has 0 atom stereocenters. The normalized spacial score (nSPS) is 11.0. The van der Waals surface area contributed by atoms with Crippen LogP contribution in [0.25, 0.3) is 21.9 Å². The van der Waals surface area contributed by atoms with Crippen LogP contribution in [-0.4, -0.2) is 31.8 Å². The molecule has 0 aromatic heterocycles. The zero-order valence-corrected chi connectivity index (χ0v) is 28.2. The number of anilines is 1. The molecule has 174 valence electrons. The van der Waals surface area contributed by atoms with Crippen molar-refractivity contribution in [2.24, 2.45) is 0 Å². The van der Waals surface area contributed by atoms with Crippen molar-refractivity contribution >= 4 is 42.6 Å². The van der Waals surface area contributed by atoms with Gasteiger partial charge in [0.25, 0.3) is 5.91 Å². The topological polar surface area (TPSA) is 144 Å². The predicted molar refractivity (Wildman–Crippen MR) is 123 cm³/mol. The van der Waals surface area contributed by atoms with Gasteiger partial charge in [-0.3, -0.25) is 13.2 Å². The first-order chi connectivity index (χ1) is 15.9. The van der Waals surface area contributed by atoms with Crippen molar-refractivity contribution in [3.8, 4) is 11.1 Å². The molecule has 0 aliphatic rings. The number of amides is 1. The first-order valence-corrected chi connectivity index (χ1v) is 12.6. The van der Waals surface area contributed by atoms with E-state index in [0.717, 1.165) is 41.0 Å². The predicted octanol–water partition coefficient (Wildman–Crippen LogP) is -5.31. The zero-order valence-electron chi connectivity index (χ0n) is 20.6. The summed E-state index contributed by atoms with van der Waals surface area (Å²) < 4.78 is 70.3. The van der Waals surface area contributed by atoms with E-state index in [1.807, 2.05) is 31.2 Å². The molecule has 0 unspecified atom stereocenters. The maximum Gasteiger partial charge on any atom is 1.00 e. The van der Waals surface area contributed by atoms with Gasteiger partial charge in [-0.1, -0.05) is 53.4 Å². The molecule has 0 aliphatic heterocycles. The van der Waals surface area contributed by atoms with Crippen molar-refractivity contribution in [3.63, 3.8) is 0 Å². The van der Waals surface area contributed by atoms with Crippen LogP contribution in [0.2, 0.25) is 0 Å². The van der Waals surface area contributed by atoms with E-state index in [1.54, 1.807) is 24.3 Å². The van der Waals surface area contributed by atoms with Gasteiger partial charge >= 0.3 is 88.7 Å². The molecular formula is C24H16NNa3O7S2. The fourth-order valence-corrected chi connectivity index (χ4v) is 4.90. The Morgan fingerprint density at radius 3 is 1.76 bits per heavy atom. The van der Waals surface area contributed by atoms with Gasteiger partial charge in [0, 0.05) is 16.1 Å². The Kier molecular flexibility index (Phi) is 12.7. The molecule has 1 N–H and O–H groups in total. The summed E-state index contributed by atoms with van der Waals surface area (Å²) in [5.74, 6) is -0.628. The number of nitrogens with one attached hydrogen (secondary N) is 1. The number of carbonyl (C=O) groups is 1. The Labute approximate surface area is 281 Å². The van der Waals surface area contributed by atoms with Crippen LogP contribution in [0.3, 0.4) is 0 Å². The molecular weight excluding hydrogens is 547 g/mol. The summed E-state index contributed by atoms with van der Waals surface area (Å²) in [5.41, 5.74) is 3.04. The average molecular weight is 563 g/mol. The number of aryl methyl sites for hydroxylation is 1. The number of carbonyl (C=O) groups excluding carboxylic acids is 1. The largest absolute Gasteiger partial charge is 1.00 e. The minimum atomic E-state index is -5.08. The zero-order chi connectivity index (χ0) is 24.7. The smallest absolute Gasteiger partial charge is 0.754 e. The summed E-state index contributed by atoms with van der Waals surface area (Å²) in [5, 5.41) is 1.79. The van der Waals surface area contributed by atoms with Crippen molar-refractivity contribution in [1.82, 2.24) is 0 Å². The third-order valence-corrected chi connectivity index (χ3v) is 6.97. The minimum absolute atomic E-state index is 0. The molecule has 1 amide bonds. The van der Waals surface area contributed by atoms with Crippen LogP contribution in [-0.2, 0) is 20.2 Å². The van der Waals surface area contributed by atoms with Gasteiger partial charge in [-0.25, -0.2) is 8.42 Å². The summed E-state index contributed by atoms with van der Waals surface area (Å²) in [6, 6.07) is 20.8. The molecule has 4 aromatic rings. The van der Waals surface area contributed by atoms with Crippen LogP contribution in [0, 0.1) is 13.0 Å². The number of benzene rings is 4. The molecule has 8 nitrogen and oxygen atoms in total. The van der Waals surface area contributed by atoms with Crippen molar-refractivity contribution in [3.05, 3.63) is 90.0 Å². The molecule has 0 saturated carbocycles. The average Bonchev–Trinajstić information content (AvgIpc) is 2.78. The maximum atomic E-state index is 12.9. The summed E-state index contributed by atoms with van der Waals surface area (Å²) in [6.45, 7) is 1.97. The molecule has 4 aromatic carbocycles. The first-order valence-electron chi connectivity index (χ1n) is 9.82. The first kappa shape index (κ1) is 34.5. The Balaban J connectivity index is 0.00000228. The van der Waals surface area contributed by atoms with Crippen LogP contribution in [0.4, 0.5) is 5.69 Å². The van der Waals surface area contributed by atoms with Crippen molar-refractivity contribution in [1.29, 1.82) is 0 Å². The Morgan fingerprint density at radius 1 is 0.730 bits per heavy atom. The standard InChI is InChI=1S/C24H18NO7S2.3Na/c1-15-5-7-16(8-6-15)17-9-11-18(12-10-17)24(26)25-20-13-14-21(33(27,28)29)19-3-2-4-22(23(19)20)34(30,31)32;;;/h3-14H,1H3,(H,25,26)(H,27,28,29)(H,30,31,32);;;/q-1;3*+1/p-2. The molecule has 0 fully saturated rings. The second-order valence-electron chi connectivity index (χ2n) is 7.53. The van der Waals surface area contributed by atoms with E-state index in [4.69, 9.17) is 0 Å². The Morgan fingerprint density at radius 2 is 1.24 bits per heavy atom. The summed E-state index contributed by atoms with van der Waals surface area (Å²) in [7, 11) is -10.1. The summed E-state index contributed by atoms with van der Waals surface area (Å²) >= 11 is 0. The van der Waals surface area contributed by atoms with E-state index >= 15 is 0 Å². The molecule has 13 heteroatoms. The molecule has 0 aliphatic carbocycles. The van der Waals surface area contributed by atoms with Gasteiger partial charge < -0.3 is 14.4 Å². The Bertz CT molecular complexity index is 1640. The number of fused-ring (bicyclic) bond motifs is 1. The van der Waals surface area contributed by atoms with E-state index in [-0.39, 0.29) is 111 Å². The molecule has 0 spiro atoms. The quantitative estimate of drug-likeness (QED) is 0.145. The molecule has 0 bridgehead atoms. The molecule has 0 radical (unpaired) electrons. The van der Waals surface area contributed by atoms with Gasteiger partial charge in [0.2, 0.25) is 0 Å². The van der Waals surface area contributed by atoms with Crippen molar-refractivity contribution in [2.75, 3.05) is 5.32 Å². The minimum Gasteiger partial charge on any atom is -0.754 e. The van der Waals surface area contributed by atoms with E-state index in [2.05, 4.69) is 11.4 Å². The number of hydrogen-bond donors (Lipinski definition) is 1. The van der Waals surface area contributed by atoms with Gasteiger partial charge in [0.15, 0.2) is 0 Å². The third-order valence-electron chi connectivity index (χ3n) is 5.21. The van der Waals surface area contributed by atoms with Crippen LogP contribution < -0.4 is 94.0 Å². The summed E-state index contributed by atoms with van der Waals surface area (Å²) in [6.07, 6.45) is 0. The van der Waals surface area contributed by atoms with Crippen LogP contribution in [0.15, 0.2) is 82.6 Å². The number of hydrogen-bond acceptors (Lipinski definition) is 7. The monoisotopic (exact) mass is 563 g/mol. The second-order valence-corrected chi connectivity index (χ2v) is 10.2. The van der Waals surface area contributed by atoms with Gasteiger partial charge in [-0.15, -0.1) is 5.39 Å². The fraction of sp³-hybridized carbons (Fsp3) is 0.0417. The Hall–Kier alpha value is -0.570. The molecule has 4 rings (SSSR count). The van der Waals surface area contributed by atoms with Crippen LogP contribution in [0.5, 0.6) is 0 Å². The molecule has 0 heterocycles. The van der Waals surface area contributed by atoms with Gasteiger partial charge in [0.05, 0.1) is 10.1 Å². The molecule has 37 heavy (non-hydrogen) atoms. The van der Waals surface area contributed by atoms with E-state index < -0.39 is 35.9 Å².